The second-order valence-electron chi connectivity index (χ2n) is 8.42. The number of rotatable bonds is 9. The fourth-order valence-electron chi connectivity index (χ4n) is 4.11. The molecule has 7 N–H and O–H groups in total. The van der Waals surface area contributed by atoms with E-state index in [0.29, 0.717) is 55.0 Å². The predicted octanol–water partition coefficient (Wildman–Crippen LogP) is 1.69. The Bertz CT molecular complexity index is 1210. The summed E-state index contributed by atoms with van der Waals surface area (Å²) in [5.41, 5.74) is 14.7. The van der Waals surface area contributed by atoms with Gasteiger partial charge in [-0.3, -0.25) is 19.3 Å². The Morgan fingerprint density at radius 2 is 1.91 bits per heavy atom. The van der Waals surface area contributed by atoms with Crippen LogP contribution in [0.3, 0.4) is 0 Å². The molecule has 0 spiro atoms. The van der Waals surface area contributed by atoms with Crippen LogP contribution < -0.4 is 22.1 Å². The minimum Gasteiger partial charge on any atom is -0.516 e. The first-order chi connectivity index (χ1) is 16.9. The molecular formula is C25H28N6O4. The van der Waals surface area contributed by atoms with Gasteiger partial charge in [-0.25, -0.2) is 4.99 Å². The third kappa shape index (κ3) is 5.08. The van der Waals surface area contributed by atoms with Gasteiger partial charge in [0.25, 0.3) is 11.8 Å². The van der Waals surface area contributed by atoms with E-state index in [2.05, 4.69) is 15.6 Å². The molecule has 0 aliphatic carbocycles. The summed E-state index contributed by atoms with van der Waals surface area (Å²) in [5, 5.41) is 14.5. The molecule has 182 valence electrons. The van der Waals surface area contributed by atoms with E-state index in [9.17, 15) is 19.5 Å². The molecule has 0 saturated carbocycles. The Morgan fingerprint density at radius 1 is 1.14 bits per heavy atom. The van der Waals surface area contributed by atoms with Crippen molar-refractivity contribution in [3.05, 3.63) is 71.5 Å². The molecule has 2 aromatic rings. The van der Waals surface area contributed by atoms with Crippen LogP contribution >= 0.6 is 0 Å². The maximum Gasteiger partial charge on any atom is 0.260 e. The molecule has 10 nitrogen and oxygen atoms in total. The van der Waals surface area contributed by atoms with Crippen LogP contribution in [-0.4, -0.2) is 52.2 Å². The van der Waals surface area contributed by atoms with E-state index in [4.69, 9.17) is 11.5 Å². The van der Waals surface area contributed by atoms with Crippen LogP contribution in [0.2, 0.25) is 0 Å². The number of amidine groups is 1. The van der Waals surface area contributed by atoms with Gasteiger partial charge in [0.1, 0.15) is 11.9 Å². The number of hydrogen-bond donors (Lipinski definition) is 5. The molecule has 0 fully saturated rings. The summed E-state index contributed by atoms with van der Waals surface area (Å²) in [5.74, 6) is -0.547. The van der Waals surface area contributed by atoms with Gasteiger partial charge in [-0.2, -0.15) is 0 Å². The van der Waals surface area contributed by atoms with E-state index in [1.165, 1.54) is 0 Å². The van der Waals surface area contributed by atoms with Crippen molar-refractivity contribution < 1.29 is 19.5 Å². The van der Waals surface area contributed by atoms with Crippen molar-refractivity contribution in [1.82, 2.24) is 10.2 Å². The van der Waals surface area contributed by atoms with Gasteiger partial charge in [-0.1, -0.05) is 24.6 Å². The van der Waals surface area contributed by atoms with Gasteiger partial charge in [-0.15, -0.1) is 0 Å². The largest absolute Gasteiger partial charge is 0.516 e. The minimum atomic E-state index is -1.12. The number of nitrogens with one attached hydrogen (secondary N) is 2. The summed E-state index contributed by atoms with van der Waals surface area (Å²) in [6.45, 7) is 0.832. The first-order valence-electron chi connectivity index (χ1n) is 11.4. The van der Waals surface area contributed by atoms with Crippen molar-refractivity contribution in [3.63, 3.8) is 0 Å². The molecule has 3 amide bonds. The molecule has 0 saturated heterocycles. The third-order valence-corrected chi connectivity index (χ3v) is 5.97. The zero-order valence-electron chi connectivity index (χ0n) is 19.1. The topological polar surface area (TPSA) is 163 Å². The van der Waals surface area contributed by atoms with E-state index < -0.39 is 23.9 Å². The number of amides is 3. The van der Waals surface area contributed by atoms with E-state index in [-0.39, 0.29) is 5.91 Å². The molecule has 35 heavy (non-hydrogen) atoms. The molecule has 2 aromatic carbocycles. The van der Waals surface area contributed by atoms with Gasteiger partial charge in [0.05, 0.1) is 30.1 Å². The third-order valence-electron chi connectivity index (χ3n) is 5.97. The Kier molecular flexibility index (Phi) is 7.23. The first kappa shape index (κ1) is 24.1. The zero-order valence-corrected chi connectivity index (χ0v) is 19.1. The van der Waals surface area contributed by atoms with Crippen molar-refractivity contribution >= 4 is 34.9 Å². The van der Waals surface area contributed by atoms with Crippen LogP contribution in [0.5, 0.6) is 0 Å². The number of carbonyl (C=O) groups is 3. The number of fused-ring (bicyclic) bond motifs is 4. The summed E-state index contributed by atoms with van der Waals surface area (Å²) in [7, 11) is 0. The molecule has 2 aliphatic rings. The number of nitrogens with zero attached hydrogens (tertiary/aromatic N) is 2. The molecule has 2 atom stereocenters. The summed E-state index contributed by atoms with van der Waals surface area (Å²) >= 11 is 0. The lowest BCUT2D eigenvalue weighted by Gasteiger charge is -2.24. The fraction of sp³-hybridized carbons (Fsp3) is 0.280. The number of benzene rings is 2. The molecule has 1 unspecified atom stereocenters. The SMILES string of the molecule is NCCCC[C@H](N)C(=O)NC(/C=C/O)C(=O)Nc1ccc2c(c1)CN1C(=O)c3ccccc3C1=N2. The molecule has 0 aromatic heterocycles. The smallest absolute Gasteiger partial charge is 0.260 e. The summed E-state index contributed by atoms with van der Waals surface area (Å²) in [4.78, 5) is 44.3. The average molecular weight is 477 g/mol. The fourth-order valence-corrected chi connectivity index (χ4v) is 4.11. The highest BCUT2D eigenvalue weighted by Gasteiger charge is 2.36. The number of anilines is 1. The van der Waals surface area contributed by atoms with Crippen LogP contribution in [0, 0.1) is 0 Å². The number of unbranched alkanes of at least 4 members (excludes halogenated alkanes) is 1. The van der Waals surface area contributed by atoms with Gasteiger partial charge in [-0.05, 0) is 55.3 Å². The normalized spacial score (nSPS) is 15.7. The molecule has 2 aliphatic heterocycles. The Balaban J connectivity index is 1.46. The lowest BCUT2D eigenvalue weighted by atomic mass is 10.1. The molecule has 4 rings (SSSR count). The molecule has 2 heterocycles. The highest BCUT2D eigenvalue weighted by atomic mass is 16.2. The predicted molar refractivity (Wildman–Crippen MR) is 132 cm³/mol. The van der Waals surface area contributed by atoms with Crippen LogP contribution in [0.15, 0.2) is 59.8 Å². The van der Waals surface area contributed by atoms with Gasteiger partial charge in [0, 0.05) is 11.3 Å². The standard InChI is InChI=1S/C25H28N6O4/c26-11-4-3-7-19(27)23(33)30-21(10-12-32)24(34)28-16-8-9-20-15(13-16)14-31-22(29-20)17-5-1-2-6-18(17)25(31)35/h1-2,5-6,8-10,12-13,19,21,32H,3-4,7,11,14,26-27H2,(H,28,34)(H,30,33)/b12-10+/t19-,21?/m0/s1. The number of carbonyl (C=O) groups excluding carboxylic acids is 3. The van der Waals surface area contributed by atoms with Crippen molar-refractivity contribution in [3.8, 4) is 0 Å². The molecule has 0 bridgehead atoms. The molecule has 10 heteroatoms. The van der Waals surface area contributed by atoms with Gasteiger partial charge in [0.15, 0.2) is 0 Å². The lowest BCUT2D eigenvalue weighted by Crippen LogP contribution is -2.49. The summed E-state index contributed by atoms with van der Waals surface area (Å²) in [6.07, 6.45) is 3.74. The van der Waals surface area contributed by atoms with E-state index in [1.54, 1.807) is 29.2 Å². The van der Waals surface area contributed by atoms with Crippen LogP contribution in [0.25, 0.3) is 0 Å². The van der Waals surface area contributed by atoms with Crippen LogP contribution in [0.1, 0.15) is 40.7 Å². The number of aliphatic imine (C=N–C) groups is 1. The second-order valence-corrected chi connectivity index (χ2v) is 8.42. The first-order valence-corrected chi connectivity index (χ1v) is 11.4. The van der Waals surface area contributed by atoms with Crippen molar-refractivity contribution in [1.29, 1.82) is 0 Å². The summed E-state index contributed by atoms with van der Waals surface area (Å²) in [6, 6.07) is 10.6. The number of aliphatic hydroxyl groups excluding tert-OH is 1. The number of aliphatic hydroxyl groups is 1. The lowest BCUT2D eigenvalue weighted by molar-refractivity contribution is -0.126. The molecular weight excluding hydrogens is 448 g/mol. The van der Waals surface area contributed by atoms with E-state index >= 15 is 0 Å². The Hall–Kier alpha value is -4.02. The van der Waals surface area contributed by atoms with E-state index in [0.717, 1.165) is 23.6 Å². The van der Waals surface area contributed by atoms with Gasteiger partial charge >= 0.3 is 0 Å². The van der Waals surface area contributed by atoms with Crippen molar-refractivity contribution in [2.45, 2.75) is 37.9 Å². The maximum atomic E-state index is 12.8. The number of hydrogen-bond acceptors (Lipinski definition) is 7. The monoisotopic (exact) mass is 476 g/mol. The zero-order chi connectivity index (χ0) is 24.9. The second kappa shape index (κ2) is 10.5. The summed E-state index contributed by atoms with van der Waals surface area (Å²) < 4.78 is 0. The maximum absolute atomic E-state index is 12.8. The Morgan fingerprint density at radius 3 is 2.66 bits per heavy atom. The van der Waals surface area contributed by atoms with Crippen LogP contribution in [0.4, 0.5) is 11.4 Å². The van der Waals surface area contributed by atoms with Crippen molar-refractivity contribution in [2.75, 3.05) is 11.9 Å². The van der Waals surface area contributed by atoms with Crippen molar-refractivity contribution in [2.24, 2.45) is 16.5 Å². The number of nitrogens with two attached hydrogens (primary N) is 2. The van der Waals surface area contributed by atoms with Gasteiger partial charge < -0.3 is 27.2 Å². The quantitative estimate of drug-likeness (QED) is 0.273. The minimum absolute atomic E-state index is 0.113. The Labute approximate surface area is 202 Å². The van der Waals surface area contributed by atoms with Gasteiger partial charge in [0.2, 0.25) is 5.91 Å². The highest BCUT2D eigenvalue weighted by molar-refractivity contribution is 6.24. The van der Waals surface area contributed by atoms with Crippen LogP contribution in [-0.2, 0) is 16.1 Å². The molecule has 0 radical (unpaired) electrons. The highest BCUT2D eigenvalue weighted by Crippen LogP contribution is 2.35. The van der Waals surface area contributed by atoms with E-state index in [1.807, 2.05) is 18.2 Å². The average Bonchev–Trinajstić information content (AvgIpc) is 3.13.